The molecule has 0 unspecified atom stereocenters. The maximum absolute atomic E-state index is 14.8. The Bertz CT molecular complexity index is 1090. The van der Waals surface area contributed by atoms with Crippen LogP contribution in [-0.4, -0.2) is 58.9 Å². The number of hydrogen-bond acceptors (Lipinski definition) is 5. The maximum atomic E-state index is 14.8. The van der Waals surface area contributed by atoms with E-state index in [9.17, 15) is 18.8 Å². The number of aromatic nitrogens is 2. The van der Waals surface area contributed by atoms with E-state index in [1.165, 1.54) is 25.2 Å². The molecular weight excluding hydrogens is 427 g/mol. The number of hydrogen-bond donors (Lipinski definition) is 3. The van der Waals surface area contributed by atoms with Crippen LogP contribution in [0.3, 0.4) is 0 Å². The highest BCUT2D eigenvalue weighted by Gasteiger charge is 2.35. The van der Waals surface area contributed by atoms with Crippen molar-refractivity contribution < 1.29 is 18.8 Å². The molecule has 0 bridgehead atoms. The standard InChI is InChI=1S/C23H31FN6O3/c1-23(2,3)18(22(33)26-4)28-21(32)17-16-12-29(5)9-6-10-30(16)20(27-17)14-11-13(19(25)31)7-8-15(14)24/h7-8,11,18H,6,9-10,12H2,1-5H3,(H2,25,31)(H,26,33)(H,28,32)/t18-/m1/s1. The Balaban J connectivity index is 2.13. The van der Waals surface area contributed by atoms with Gasteiger partial charge in [0.25, 0.3) is 5.91 Å². The highest BCUT2D eigenvalue weighted by atomic mass is 19.1. The number of imidazole rings is 1. The van der Waals surface area contributed by atoms with Crippen LogP contribution in [0.15, 0.2) is 18.2 Å². The molecule has 0 aliphatic carbocycles. The first kappa shape index (κ1) is 24.4. The molecule has 1 aromatic heterocycles. The Labute approximate surface area is 192 Å². The van der Waals surface area contributed by atoms with E-state index in [4.69, 9.17) is 5.73 Å². The molecule has 0 saturated carbocycles. The van der Waals surface area contributed by atoms with E-state index >= 15 is 0 Å². The van der Waals surface area contributed by atoms with Crippen LogP contribution in [0.25, 0.3) is 11.4 Å². The summed E-state index contributed by atoms with van der Waals surface area (Å²) in [6, 6.07) is 3.04. The van der Waals surface area contributed by atoms with Crippen LogP contribution in [0.1, 0.15) is 53.7 Å². The van der Waals surface area contributed by atoms with Gasteiger partial charge >= 0.3 is 0 Å². The van der Waals surface area contributed by atoms with Gasteiger partial charge in [0.05, 0.1) is 11.3 Å². The van der Waals surface area contributed by atoms with E-state index in [0.29, 0.717) is 18.8 Å². The van der Waals surface area contributed by atoms with Crippen molar-refractivity contribution in [3.05, 3.63) is 41.0 Å². The zero-order chi connectivity index (χ0) is 24.5. The molecule has 2 heterocycles. The van der Waals surface area contributed by atoms with Crippen LogP contribution in [0, 0.1) is 11.2 Å². The van der Waals surface area contributed by atoms with Gasteiger partial charge < -0.3 is 25.8 Å². The number of nitrogens with one attached hydrogen (secondary N) is 2. The first-order valence-electron chi connectivity index (χ1n) is 10.8. The number of nitrogens with zero attached hydrogens (tertiary/aromatic N) is 3. The van der Waals surface area contributed by atoms with Gasteiger partial charge in [-0.1, -0.05) is 20.8 Å². The van der Waals surface area contributed by atoms with Crippen molar-refractivity contribution in [3.8, 4) is 11.4 Å². The monoisotopic (exact) mass is 458 g/mol. The number of benzene rings is 1. The Kier molecular flexibility index (Phi) is 6.87. The molecule has 1 atom stereocenters. The number of carbonyl (C=O) groups excluding carboxylic acids is 3. The van der Waals surface area contributed by atoms with Crippen LogP contribution in [0.2, 0.25) is 0 Å². The van der Waals surface area contributed by atoms with Gasteiger partial charge in [-0.3, -0.25) is 14.4 Å². The molecule has 0 radical (unpaired) electrons. The molecule has 4 N–H and O–H groups in total. The van der Waals surface area contributed by atoms with E-state index in [-0.39, 0.29) is 28.6 Å². The Morgan fingerprint density at radius 3 is 2.52 bits per heavy atom. The van der Waals surface area contributed by atoms with Crippen LogP contribution in [0.5, 0.6) is 0 Å². The van der Waals surface area contributed by atoms with Gasteiger partial charge in [0, 0.05) is 25.7 Å². The molecule has 1 aliphatic heterocycles. The quantitative estimate of drug-likeness (QED) is 0.627. The van der Waals surface area contributed by atoms with Gasteiger partial charge in [-0.25, -0.2) is 9.37 Å². The molecule has 0 saturated heterocycles. The lowest BCUT2D eigenvalue weighted by atomic mass is 9.86. The maximum Gasteiger partial charge on any atom is 0.272 e. The average Bonchev–Trinajstić information content (AvgIpc) is 2.96. The van der Waals surface area contributed by atoms with Gasteiger partial charge in [-0.05, 0) is 43.6 Å². The third-order valence-corrected chi connectivity index (χ3v) is 5.77. The third kappa shape index (κ3) is 5.05. The second-order valence-electron chi connectivity index (χ2n) is 9.42. The molecule has 178 valence electrons. The number of carbonyl (C=O) groups is 3. The smallest absolute Gasteiger partial charge is 0.272 e. The normalized spacial score (nSPS) is 15.3. The van der Waals surface area contributed by atoms with Gasteiger partial charge in [0.15, 0.2) is 5.69 Å². The minimum Gasteiger partial charge on any atom is -0.366 e. The Morgan fingerprint density at radius 2 is 1.91 bits per heavy atom. The van der Waals surface area contributed by atoms with Crippen LogP contribution in [0.4, 0.5) is 4.39 Å². The van der Waals surface area contributed by atoms with Gasteiger partial charge in [0.2, 0.25) is 11.8 Å². The van der Waals surface area contributed by atoms with E-state index in [0.717, 1.165) is 13.0 Å². The number of likely N-dealkylation sites (N-methyl/N-ethyl adjacent to an activating group) is 1. The molecule has 2 aromatic rings. The largest absolute Gasteiger partial charge is 0.366 e. The first-order valence-corrected chi connectivity index (χ1v) is 10.8. The summed E-state index contributed by atoms with van der Waals surface area (Å²) in [5.74, 6) is -1.85. The van der Waals surface area contributed by atoms with E-state index in [1.54, 1.807) is 0 Å². The van der Waals surface area contributed by atoms with Gasteiger partial charge in [-0.2, -0.15) is 0 Å². The molecule has 1 aromatic carbocycles. The van der Waals surface area contributed by atoms with Gasteiger partial charge in [-0.15, -0.1) is 0 Å². The summed E-state index contributed by atoms with van der Waals surface area (Å²) in [7, 11) is 3.44. The molecule has 3 rings (SSSR count). The lowest BCUT2D eigenvalue weighted by Crippen LogP contribution is -2.53. The molecule has 0 spiro atoms. The molecule has 0 fully saturated rings. The first-order chi connectivity index (χ1) is 15.4. The molecule has 9 nitrogen and oxygen atoms in total. The van der Waals surface area contributed by atoms with Crippen LogP contribution >= 0.6 is 0 Å². The number of fused-ring (bicyclic) bond motifs is 1. The second kappa shape index (κ2) is 9.30. The fourth-order valence-electron chi connectivity index (χ4n) is 3.98. The molecule has 33 heavy (non-hydrogen) atoms. The van der Waals surface area contributed by atoms with E-state index < -0.39 is 29.1 Å². The molecule has 3 amide bonds. The van der Waals surface area contributed by atoms with Crippen molar-refractivity contribution >= 4 is 17.7 Å². The predicted octanol–water partition coefficient (Wildman–Crippen LogP) is 1.51. The van der Waals surface area contributed by atoms with Crippen molar-refractivity contribution in [2.24, 2.45) is 11.1 Å². The minimum absolute atomic E-state index is 0.0924. The van der Waals surface area contributed by atoms with Crippen molar-refractivity contribution in [3.63, 3.8) is 0 Å². The number of amides is 3. The van der Waals surface area contributed by atoms with Crippen molar-refractivity contribution in [1.29, 1.82) is 0 Å². The lowest BCUT2D eigenvalue weighted by Gasteiger charge is -2.29. The fourth-order valence-corrected chi connectivity index (χ4v) is 3.98. The third-order valence-electron chi connectivity index (χ3n) is 5.77. The van der Waals surface area contributed by atoms with E-state index in [2.05, 4.69) is 20.5 Å². The summed E-state index contributed by atoms with van der Waals surface area (Å²) < 4.78 is 16.6. The highest BCUT2D eigenvalue weighted by Crippen LogP contribution is 2.29. The van der Waals surface area contributed by atoms with Gasteiger partial charge in [0.1, 0.15) is 17.7 Å². The van der Waals surface area contributed by atoms with Crippen LogP contribution in [-0.2, 0) is 17.9 Å². The zero-order valence-electron chi connectivity index (χ0n) is 19.7. The molecule has 1 aliphatic rings. The summed E-state index contributed by atoms with van der Waals surface area (Å²) in [5, 5.41) is 5.39. The van der Waals surface area contributed by atoms with Crippen LogP contribution < -0.4 is 16.4 Å². The highest BCUT2D eigenvalue weighted by molar-refractivity contribution is 5.98. The fraction of sp³-hybridized carbons (Fsp3) is 0.478. The summed E-state index contributed by atoms with van der Waals surface area (Å²) in [5.41, 5.74) is 5.82. The zero-order valence-corrected chi connectivity index (χ0v) is 19.7. The second-order valence-corrected chi connectivity index (χ2v) is 9.42. The number of nitrogens with two attached hydrogens (primary N) is 1. The van der Waals surface area contributed by atoms with Crippen molar-refractivity contribution in [2.75, 3.05) is 20.6 Å². The van der Waals surface area contributed by atoms with E-state index in [1.807, 2.05) is 32.4 Å². The van der Waals surface area contributed by atoms with Crippen molar-refractivity contribution in [2.45, 2.75) is 46.3 Å². The molecular formula is C23H31FN6O3. The van der Waals surface area contributed by atoms with Crippen molar-refractivity contribution in [1.82, 2.24) is 25.1 Å². The topological polar surface area (TPSA) is 122 Å². The average molecular weight is 459 g/mol. The summed E-state index contributed by atoms with van der Waals surface area (Å²) in [6.45, 7) is 7.29. The number of halogens is 1. The Hall–Kier alpha value is -3.27. The minimum atomic E-state index is -0.797. The SMILES string of the molecule is CNC(=O)[C@@H](NC(=O)c1nc(-c2cc(C(N)=O)ccc2F)n2c1CN(C)CCC2)C(C)(C)C. The predicted molar refractivity (Wildman–Crippen MR) is 122 cm³/mol. The summed E-state index contributed by atoms with van der Waals surface area (Å²) in [6.07, 6.45) is 0.772. The summed E-state index contributed by atoms with van der Waals surface area (Å²) in [4.78, 5) is 44.0. The Morgan fingerprint density at radius 1 is 1.21 bits per heavy atom. The molecule has 10 heteroatoms. The number of primary amides is 1. The lowest BCUT2D eigenvalue weighted by molar-refractivity contribution is -0.124. The number of rotatable bonds is 5. The summed E-state index contributed by atoms with van der Waals surface area (Å²) >= 11 is 0.